The standard InChI is InChI=1S/C15H12BClFNO3/c17-10-2-4-12(14(18)7-10)15(20)19-11-3-1-9-5-6-22-16(21)13(9)8-11/h1-4,7-8,21H,5-6H2,(H,19,20). The number of hydrogen-bond acceptors (Lipinski definition) is 3. The minimum absolute atomic E-state index is 0.0982. The molecule has 1 heterocycles. The van der Waals surface area contributed by atoms with Gasteiger partial charge in [-0.1, -0.05) is 17.7 Å². The zero-order valence-electron chi connectivity index (χ0n) is 11.5. The Bertz CT molecular complexity index is 741. The zero-order valence-corrected chi connectivity index (χ0v) is 12.2. The first-order valence-electron chi connectivity index (χ1n) is 6.73. The number of amides is 1. The third kappa shape index (κ3) is 2.99. The van der Waals surface area contributed by atoms with Crippen LogP contribution in [0.3, 0.4) is 0 Å². The van der Waals surface area contributed by atoms with Gasteiger partial charge in [0.25, 0.3) is 5.91 Å². The predicted octanol–water partition coefficient (Wildman–Crippen LogP) is 1.99. The molecular formula is C15H12BClFNO3. The molecule has 0 unspecified atom stereocenters. The van der Waals surface area contributed by atoms with Crippen LogP contribution < -0.4 is 10.8 Å². The first-order valence-corrected chi connectivity index (χ1v) is 7.11. The molecule has 0 bridgehead atoms. The summed E-state index contributed by atoms with van der Waals surface area (Å²) in [6.07, 6.45) is 0.701. The number of benzene rings is 2. The van der Waals surface area contributed by atoms with Gasteiger partial charge in [0.1, 0.15) is 5.82 Å². The molecule has 1 aliphatic heterocycles. The Morgan fingerprint density at radius 2 is 2.14 bits per heavy atom. The van der Waals surface area contributed by atoms with E-state index < -0.39 is 18.8 Å². The van der Waals surface area contributed by atoms with Gasteiger partial charge in [-0.25, -0.2) is 4.39 Å². The highest BCUT2D eigenvalue weighted by Gasteiger charge is 2.25. The summed E-state index contributed by atoms with van der Waals surface area (Å²) in [5, 5.41) is 12.6. The van der Waals surface area contributed by atoms with Crippen LogP contribution in [0.5, 0.6) is 0 Å². The number of carbonyl (C=O) groups excluding carboxylic acids is 1. The maximum Gasteiger partial charge on any atom is 0.491 e. The van der Waals surface area contributed by atoms with Gasteiger partial charge in [0.2, 0.25) is 0 Å². The Labute approximate surface area is 132 Å². The first-order chi connectivity index (χ1) is 10.5. The van der Waals surface area contributed by atoms with Crippen molar-refractivity contribution in [1.29, 1.82) is 0 Å². The van der Waals surface area contributed by atoms with E-state index in [1.165, 1.54) is 12.1 Å². The number of carbonyl (C=O) groups is 1. The van der Waals surface area contributed by atoms with E-state index in [4.69, 9.17) is 16.3 Å². The molecule has 1 amide bonds. The lowest BCUT2D eigenvalue weighted by molar-refractivity contribution is 0.102. The fraction of sp³-hybridized carbons (Fsp3) is 0.133. The second-order valence-corrected chi connectivity index (χ2v) is 5.40. The lowest BCUT2D eigenvalue weighted by Crippen LogP contribution is -2.41. The highest BCUT2D eigenvalue weighted by Crippen LogP contribution is 2.17. The molecule has 0 saturated heterocycles. The van der Waals surface area contributed by atoms with Gasteiger partial charge < -0.3 is 15.0 Å². The molecule has 2 aromatic carbocycles. The summed E-state index contributed by atoms with van der Waals surface area (Å²) < 4.78 is 18.9. The molecule has 3 rings (SSSR count). The van der Waals surface area contributed by atoms with Crippen LogP contribution in [0.4, 0.5) is 10.1 Å². The monoisotopic (exact) mass is 319 g/mol. The van der Waals surface area contributed by atoms with Crippen molar-refractivity contribution < 1.29 is 18.9 Å². The van der Waals surface area contributed by atoms with E-state index in [0.29, 0.717) is 24.2 Å². The third-order valence-electron chi connectivity index (χ3n) is 3.49. The summed E-state index contributed by atoms with van der Waals surface area (Å²) in [6, 6.07) is 9.01. The Morgan fingerprint density at radius 3 is 2.91 bits per heavy atom. The third-order valence-corrected chi connectivity index (χ3v) is 3.73. The summed E-state index contributed by atoms with van der Waals surface area (Å²) in [6.45, 7) is 0.454. The van der Waals surface area contributed by atoms with Crippen molar-refractivity contribution in [2.75, 3.05) is 11.9 Å². The van der Waals surface area contributed by atoms with Crippen LogP contribution in [-0.2, 0) is 11.1 Å². The smallest absolute Gasteiger partial charge is 0.423 e. The molecular weight excluding hydrogens is 307 g/mol. The zero-order chi connectivity index (χ0) is 15.7. The molecule has 2 aromatic rings. The van der Waals surface area contributed by atoms with Crippen LogP contribution in [0, 0.1) is 5.82 Å². The average molecular weight is 320 g/mol. The van der Waals surface area contributed by atoms with Crippen molar-refractivity contribution in [1.82, 2.24) is 0 Å². The Morgan fingerprint density at radius 1 is 1.32 bits per heavy atom. The number of anilines is 1. The summed E-state index contributed by atoms with van der Waals surface area (Å²) in [4.78, 5) is 12.1. The topological polar surface area (TPSA) is 58.6 Å². The molecule has 0 saturated carbocycles. The van der Waals surface area contributed by atoms with Crippen molar-refractivity contribution >= 4 is 35.8 Å². The van der Waals surface area contributed by atoms with Crippen molar-refractivity contribution in [3.63, 3.8) is 0 Å². The molecule has 0 aromatic heterocycles. The number of rotatable bonds is 2. The van der Waals surface area contributed by atoms with Crippen LogP contribution in [0.15, 0.2) is 36.4 Å². The Kier molecular flexibility index (Phi) is 4.15. The van der Waals surface area contributed by atoms with Gasteiger partial charge in [-0.05, 0) is 47.8 Å². The van der Waals surface area contributed by atoms with Crippen LogP contribution in [0.25, 0.3) is 0 Å². The number of halogens is 2. The van der Waals surface area contributed by atoms with Crippen molar-refractivity contribution in [2.45, 2.75) is 6.42 Å². The summed E-state index contributed by atoms with van der Waals surface area (Å²) in [5.74, 6) is -1.27. The highest BCUT2D eigenvalue weighted by atomic mass is 35.5. The Balaban J connectivity index is 1.84. The molecule has 0 fully saturated rings. The first kappa shape index (κ1) is 15.0. The largest absolute Gasteiger partial charge is 0.491 e. The van der Waals surface area contributed by atoms with Crippen LogP contribution in [0.2, 0.25) is 5.02 Å². The van der Waals surface area contributed by atoms with Gasteiger partial charge in [-0.3, -0.25) is 4.79 Å². The number of hydrogen-bond donors (Lipinski definition) is 2. The minimum Gasteiger partial charge on any atom is -0.423 e. The van der Waals surface area contributed by atoms with E-state index in [1.807, 2.05) is 6.07 Å². The fourth-order valence-corrected chi connectivity index (χ4v) is 2.53. The lowest BCUT2D eigenvalue weighted by atomic mass is 9.73. The van der Waals surface area contributed by atoms with E-state index in [2.05, 4.69) is 5.32 Å². The molecule has 0 aliphatic carbocycles. The minimum atomic E-state index is -1.01. The quantitative estimate of drug-likeness (QED) is 0.832. The van der Waals surface area contributed by atoms with Gasteiger partial charge in [0.15, 0.2) is 0 Å². The lowest BCUT2D eigenvalue weighted by Gasteiger charge is -2.19. The molecule has 4 nitrogen and oxygen atoms in total. The average Bonchev–Trinajstić information content (AvgIpc) is 2.48. The van der Waals surface area contributed by atoms with Gasteiger partial charge in [-0.15, -0.1) is 0 Å². The Hall–Kier alpha value is -1.89. The van der Waals surface area contributed by atoms with E-state index in [9.17, 15) is 14.2 Å². The SMILES string of the molecule is O=C(Nc1ccc2c(c1)B(O)OCC2)c1ccc(Cl)cc1F. The second-order valence-electron chi connectivity index (χ2n) is 4.97. The van der Waals surface area contributed by atoms with Crippen molar-refractivity contribution in [3.05, 3.63) is 58.4 Å². The van der Waals surface area contributed by atoms with Gasteiger partial charge >= 0.3 is 7.12 Å². The highest BCUT2D eigenvalue weighted by molar-refractivity contribution is 6.61. The maximum atomic E-state index is 13.7. The molecule has 0 atom stereocenters. The van der Waals surface area contributed by atoms with Crippen molar-refractivity contribution in [3.8, 4) is 0 Å². The molecule has 0 radical (unpaired) electrons. The van der Waals surface area contributed by atoms with Gasteiger partial charge in [0.05, 0.1) is 5.56 Å². The summed E-state index contributed by atoms with van der Waals surface area (Å²) in [5.41, 5.74) is 1.94. The normalized spacial score (nSPS) is 13.7. The maximum absolute atomic E-state index is 13.7. The molecule has 22 heavy (non-hydrogen) atoms. The van der Waals surface area contributed by atoms with Crippen LogP contribution >= 0.6 is 11.6 Å². The molecule has 1 aliphatic rings. The molecule has 112 valence electrons. The molecule has 0 spiro atoms. The van der Waals surface area contributed by atoms with Gasteiger partial charge in [0, 0.05) is 17.3 Å². The molecule has 2 N–H and O–H groups in total. The molecule has 7 heteroatoms. The van der Waals surface area contributed by atoms with E-state index in [1.54, 1.807) is 12.1 Å². The number of fused-ring (bicyclic) bond motifs is 1. The van der Waals surface area contributed by atoms with E-state index in [0.717, 1.165) is 11.6 Å². The van der Waals surface area contributed by atoms with Crippen LogP contribution in [0.1, 0.15) is 15.9 Å². The number of nitrogens with one attached hydrogen (secondary N) is 1. The summed E-state index contributed by atoms with van der Waals surface area (Å²) in [7, 11) is -1.01. The van der Waals surface area contributed by atoms with Crippen molar-refractivity contribution in [2.24, 2.45) is 0 Å². The van der Waals surface area contributed by atoms with Gasteiger partial charge in [-0.2, -0.15) is 0 Å². The predicted molar refractivity (Wildman–Crippen MR) is 83.1 cm³/mol. The fourth-order valence-electron chi connectivity index (χ4n) is 2.37. The van der Waals surface area contributed by atoms with E-state index in [-0.39, 0.29) is 10.6 Å². The van der Waals surface area contributed by atoms with E-state index >= 15 is 0 Å². The second kappa shape index (κ2) is 6.08. The van der Waals surface area contributed by atoms with Crippen LogP contribution in [-0.4, -0.2) is 24.7 Å². The summed E-state index contributed by atoms with van der Waals surface area (Å²) >= 11 is 5.66.